The molecule has 0 atom stereocenters. The minimum atomic E-state index is 0.450. The molecule has 0 fully saturated rings. The average Bonchev–Trinajstić information content (AvgIpc) is 2.74. The second-order valence-electron chi connectivity index (χ2n) is 6.15. The smallest absolute Gasteiger partial charge is 0.162 e. The number of rotatable bonds is 6. The lowest BCUT2D eigenvalue weighted by Crippen LogP contribution is -2.00. The van der Waals surface area contributed by atoms with E-state index in [1.165, 1.54) is 6.33 Å². The molecule has 3 aromatic carbocycles. The van der Waals surface area contributed by atoms with Gasteiger partial charge in [0.15, 0.2) is 11.5 Å². The summed E-state index contributed by atoms with van der Waals surface area (Å²) in [5, 5.41) is 4.20. The van der Waals surface area contributed by atoms with Gasteiger partial charge in [-0.1, -0.05) is 46.3 Å². The first-order valence-electron chi connectivity index (χ1n) is 8.75. The van der Waals surface area contributed by atoms with Crippen molar-refractivity contribution in [3.8, 4) is 11.5 Å². The number of hydrogen-bond acceptors (Lipinski definition) is 5. The van der Waals surface area contributed by atoms with Crippen molar-refractivity contribution in [2.24, 2.45) is 0 Å². The van der Waals surface area contributed by atoms with Gasteiger partial charge in [0.2, 0.25) is 0 Å². The Morgan fingerprint density at radius 3 is 2.46 bits per heavy atom. The van der Waals surface area contributed by atoms with E-state index in [1.54, 1.807) is 7.11 Å². The maximum absolute atomic E-state index is 6.03. The van der Waals surface area contributed by atoms with Crippen LogP contribution >= 0.6 is 15.9 Å². The lowest BCUT2D eigenvalue weighted by Gasteiger charge is -2.14. The van der Waals surface area contributed by atoms with E-state index >= 15 is 0 Å². The first-order chi connectivity index (χ1) is 13.7. The van der Waals surface area contributed by atoms with Crippen LogP contribution < -0.4 is 14.8 Å². The SMILES string of the molecule is COc1cc2ncnc(Nc3ccc(Br)cc3)c2cc1OCc1ccccc1. The Morgan fingerprint density at radius 2 is 1.71 bits per heavy atom. The summed E-state index contributed by atoms with van der Waals surface area (Å²) < 4.78 is 12.6. The molecule has 4 rings (SSSR count). The van der Waals surface area contributed by atoms with Crippen LogP contribution in [0, 0.1) is 0 Å². The summed E-state index contributed by atoms with van der Waals surface area (Å²) in [6.45, 7) is 0.450. The van der Waals surface area contributed by atoms with Gasteiger partial charge in [0.1, 0.15) is 18.8 Å². The van der Waals surface area contributed by atoms with Crippen molar-refractivity contribution in [3.63, 3.8) is 0 Å². The minimum Gasteiger partial charge on any atom is -0.493 e. The number of methoxy groups -OCH3 is 1. The van der Waals surface area contributed by atoms with E-state index in [4.69, 9.17) is 9.47 Å². The normalized spacial score (nSPS) is 10.6. The molecule has 0 aliphatic carbocycles. The van der Waals surface area contributed by atoms with Crippen LogP contribution in [0.3, 0.4) is 0 Å². The van der Waals surface area contributed by atoms with E-state index in [1.807, 2.05) is 66.7 Å². The number of ether oxygens (including phenoxy) is 2. The molecule has 0 amide bonds. The van der Waals surface area contributed by atoms with Gasteiger partial charge >= 0.3 is 0 Å². The lowest BCUT2D eigenvalue weighted by atomic mass is 10.2. The third-order valence-electron chi connectivity index (χ3n) is 4.26. The first-order valence-corrected chi connectivity index (χ1v) is 9.54. The number of aromatic nitrogens is 2. The van der Waals surface area contributed by atoms with Crippen molar-refractivity contribution in [1.82, 2.24) is 9.97 Å². The van der Waals surface area contributed by atoms with Crippen LogP contribution in [-0.2, 0) is 6.61 Å². The van der Waals surface area contributed by atoms with Crippen LogP contribution in [0.5, 0.6) is 11.5 Å². The number of halogens is 1. The molecule has 0 aliphatic heterocycles. The van der Waals surface area contributed by atoms with Gasteiger partial charge in [-0.2, -0.15) is 0 Å². The maximum atomic E-state index is 6.03. The largest absolute Gasteiger partial charge is 0.493 e. The van der Waals surface area contributed by atoms with E-state index in [0.717, 1.165) is 26.6 Å². The van der Waals surface area contributed by atoms with Crippen molar-refractivity contribution in [3.05, 3.63) is 83.1 Å². The lowest BCUT2D eigenvalue weighted by molar-refractivity contribution is 0.285. The molecular weight excluding hydrogens is 418 g/mol. The third-order valence-corrected chi connectivity index (χ3v) is 4.79. The average molecular weight is 436 g/mol. The summed E-state index contributed by atoms with van der Waals surface area (Å²) in [7, 11) is 1.62. The molecule has 0 spiro atoms. The number of nitrogens with zero attached hydrogens (tertiary/aromatic N) is 2. The fourth-order valence-electron chi connectivity index (χ4n) is 2.84. The second kappa shape index (κ2) is 8.27. The Labute approximate surface area is 171 Å². The fraction of sp³-hybridized carbons (Fsp3) is 0.0909. The van der Waals surface area contributed by atoms with E-state index < -0.39 is 0 Å². The molecule has 0 unspecified atom stereocenters. The Bertz CT molecular complexity index is 1090. The fourth-order valence-corrected chi connectivity index (χ4v) is 3.11. The monoisotopic (exact) mass is 435 g/mol. The van der Waals surface area contributed by atoms with Crippen LogP contribution in [0.2, 0.25) is 0 Å². The van der Waals surface area contributed by atoms with Crippen LogP contribution in [-0.4, -0.2) is 17.1 Å². The van der Waals surface area contributed by atoms with E-state index in [2.05, 4.69) is 31.2 Å². The van der Waals surface area contributed by atoms with Crippen molar-refractivity contribution >= 4 is 38.3 Å². The van der Waals surface area contributed by atoms with Crippen LogP contribution in [0.4, 0.5) is 11.5 Å². The van der Waals surface area contributed by atoms with Gasteiger partial charge in [0, 0.05) is 21.6 Å². The zero-order chi connectivity index (χ0) is 19.3. The highest BCUT2D eigenvalue weighted by molar-refractivity contribution is 9.10. The molecule has 0 saturated heterocycles. The van der Waals surface area contributed by atoms with Gasteiger partial charge in [0.25, 0.3) is 0 Å². The summed E-state index contributed by atoms with van der Waals surface area (Å²) in [4.78, 5) is 8.78. The van der Waals surface area contributed by atoms with Crippen LogP contribution in [0.1, 0.15) is 5.56 Å². The van der Waals surface area contributed by atoms with E-state index in [0.29, 0.717) is 23.9 Å². The first kappa shape index (κ1) is 18.3. The molecule has 0 radical (unpaired) electrons. The van der Waals surface area contributed by atoms with Gasteiger partial charge in [-0.25, -0.2) is 9.97 Å². The van der Waals surface area contributed by atoms with Crippen molar-refractivity contribution < 1.29 is 9.47 Å². The van der Waals surface area contributed by atoms with Gasteiger partial charge in [-0.3, -0.25) is 0 Å². The Balaban J connectivity index is 1.68. The molecule has 0 saturated carbocycles. The van der Waals surface area contributed by atoms with Gasteiger partial charge in [-0.05, 0) is 35.9 Å². The molecule has 28 heavy (non-hydrogen) atoms. The summed E-state index contributed by atoms with van der Waals surface area (Å²) in [5.74, 6) is 1.99. The van der Waals surface area contributed by atoms with Gasteiger partial charge in [0.05, 0.1) is 12.6 Å². The predicted octanol–water partition coefficient (Wildman–Crippen LogP) is 5.72. The summed E-state index contributed by atoms with van der Waals surface area (Å²) in [6.07, 6.45) is 1.54. The molecule has 1 aromatic heterocycles. The topological polar surface area (TPSA) is 56.3 Å². The zero-order valence-corrected chi connectivity index (χ0v) is 16.8. The number of nitrogens with one attached hydrogen (secondary N) is 1. The number of benzene rings is 3. The highest BCUT2D eigenvalue weighted by Gasteiger charge is 2.12. The standard InChI is InChI=1S/C22H18BrN3O2/c1-27-20-12-19-18(11-21(20)28-13-15-5-3-2-4-6-15)22(25-14-24-19)26-17-9-7-16(23)8-10-17/h2-12,14H,13H2,1H3,(H,24,25,26). The summed E-state index contributed by atoms with van der Waals surface area (Å²) in [5.41, 5.74) is 2.80. The second-order valence-corrected chi connectivity index (χ2v) is 7.06. The maximum Gasteiger partial charge on any atom is 0.162 e. The van der Waals surface area contributed by atoms with Crippen LogP contribution in [0.25, 0.3) is 10.9 Å². The van der Waals surface area contributed by atoms with Crippen molar-refractivity contribution in [1.29, 1.82) is 0 Å². The summed E-state index contributed by atoms with van der Waals surface area (Å²) in [6, 6.07) is 21.7. The molecule has 0 aliphatic rings. The van der Waals surface area contributed by atoms with Gasteiger partial charge < -0.3 is 14.8 Å². The number of fused-ring (bicyclic) bond motifs is 1. The summed E-state index contributed by atoms with van der Waals surface area (Å²) >= 11 is 3.45. The zero-order valence-electron chi connectivity index (χ0n) is 15.2. The molecule has 1 heterocycles. The van der Waals surface area contributed by atoms with Gasteiger partial charge in [-0.15, -0.1) is 0 Å². The number of hydrogen-bond donors (Lipinski definition) is 1. The highest BCUT2D eigenvalue weighted by Crippen LogP contribution is 2.35. The molecule has 140 valence electrons. The molecular formula is C22H18BrN3O2. The van der Waals surface area contributed by atoms with Crippen LogP contribution in [0.15, 0.2) is 77.5 Å². The Hall–Kier alpha value is -3.12. The van der Waals surface area contributed by atoms with Crippen molar-refractivity contribution in [2.45, 2.75) is 6.61 Å². The van der Waals surface area contributed by atoms with E-state index in [-0.39, 0.29) is 0 Å². The molecule has 5 nitrogen and oxygen atoms in total. The third kappa shape index (κ3) is 4.07. The Morgan fingerprint density at radius 1 is 0.929 bits per heavy atom. The molecule has 0 bridgehead atoms. The Kier molecular flexibility index (Phi) is 5.39. The minimum absolute atomic E-state index is 0.450. The highest BCUT2D eigenvalue weighted by atomic mass is 79.9. The van der Waals surface area contributed by atoms with Crippen molar-refractivity contribution in [2.75, 3.05) is 12.4 Å². The quantitative estimate of drug-likeness (QED) is 0.419. The molecule has 4 aromatic rings. The molecule has 1 N–H and O–H groups in total. The van der Waals surface area contributed by atoms with E-state index in [9.17, 15) is 0 Å². The predicted molar refractivity (Wildman–Crippen MR) is 114 cm³/mol. The molecule has 6 heteroatoms. The number of anilines is 2.